The Morgan fingerprint density at radius 2 is 2.04 bits per heavy atom. The first-order valence-corrected chi connectivity index (χ1v) is 9.95. The van der Waals surface area contributed by atoms with E-state index in [1.807, 2.05) is 58.9 Å². The molecule has 3 aromatic rings. The highest BCUT2D eigenvalue weighted by Crippen LogP contribution is 2.32. The molecule has 1 aromatic heterocycles. The number of anilines is 1. The number of nitrogens with zero attached hydrogens (tertiary/aromatic N) is 4. The molecular weight excluding hydrogens is 356 g/mol. The number of aromatic nitrogens is 2. The lowest BCUT2D eigenvalue weighted by Crippen LogP contribution is -2.35. The van der Waals surface area contributed by atoms with Crippen molar-refractivity contribution in [1.82, 2.24) is 9.55 Å². The zero-order valence-corrected chi connectivity index (χ0v) is 15.9. The van der Waals surface area contributed by atoms with Crippen molar-refractivity contribution in [3.8, 4) is 6.07 Å². The molecule has 0 spiro atoms. The van der Waals surface area contributed by atoms with Crippen LogP contribution in [0.3, 0.4) is 0 Å². The molecule has 0 saturated heterocycles. The van der Waals surface area contributed by atoms with Gasteiger partial charge in [-0.15, -0.1) is 0 Å². The Balaban J connectivity index is 1.59. The van der Waals surface area contributed by atoms with Gasteiger partial charge in [-0.1, -0.05) is 42.1 Å². The molecule has 2 aromatic carbocycles. The monoisotopic (exact) mass is 376 g/mol. The van der Waals surface area contributed by atoms with E-state index in [0.717, 1.165) is 34.8 Å². The van der Waals surface area contributed by atoms with Gasteiger partial charge < -0.3 is 9.47 Å². The number of hydrogen-bond acceptors (Lipinski definition) is 4. The quantitative estimate of drug-likeness (QED) is 0.631. The second kappa shape index (κ2) is 7.45. The van der Waals surface area contributed by atoms with Gasteiger partial charge in [0.05, 0.1) is 28.8 Å². The van der Waals surface area contributed by atoms with Crippen LogP contribution in [0.2, 0.25) is 0 Å². The lowest BCUT2D eigenvalue weighted by molar-refractivity contribution is -0.117. The second-order valence-electron chi connectivity index (χ2n) is 6.57. The van der Waals surface area contributed by atoms with Gasteiger partial charge in [0, 0.05) is 18.8 Å². The first-order chi connectivity index (χ1) is 13.2. The lowest BCUT2D eigenvalue weighted by atomic mass is 10.2. The van der Waals surface area contributed by atoms with E-state index in [-0.39, 0.29) is 11.2 Å². The fourth-order valence-corrected chi connectivity index (χ4v) is 4.53. The molecule has 0 N–H and O–H groups in total. The van der Waals surface area contributed by atoms with E-state index in [1.165, 1.54) is 17.3 Å². The van der Waals surface area contributed by atoms with Crippen LogP contribution < -0.4 is 4.90 Å². The van der Waals surface area contributed by atoms with Gasteiger partial charge in [0.2, 0.25) is 5.91 Å². The maximum Gasteiger partial charge on any atom is 0.240 e. The molecule has 2 heterocycles. The Morgan fingerprint density at radius 1 is 1.26 bits per heavy atom. The van der Waals surface area contributed by atoms with Crippen molar-refractivity contribution in [1.29, 1.82) is 5.26 Å². The van der Waals surface area contributed by atoms with Crippen molar-refractivity contribution < 1.29 is 4.79 Å². The minimum absolute atomic E-state index is 0.101. The molecule has 1 aliphatic heterocycles. The van der Waals surface area contributed by atoms with Crippen LogP contribution in [0.4, 0.5) is 5.69 Å². The number of imidazole rings is 1. The maximum atomic E-state index is 13.1. The number of nitriles is 1. The van der Waals surface area contributed by atoms with Crippen LogP contribution in [0.5, 0.6) is 0 Å². The van der Waals surface area contributed by atoms with Gasteiger partial charge in [-0.05, 0) is 37.1 Å². The van der Waals surface area contributed by atoms with Gasteiger partial charge >= 0.3 is 0 Å². The van der Waals surface area contributed by atoms with E-state index in [2.05, 4.69) is 12.1 Å². The number of thioether (sulfide) groups is 1. The van der Waals surface area contributed by atoms with E-state index in [4.69, 9.17) is 10.2 Å². The normalized spacial score (nSPS) is 14.1. The van der Waals surface area contributed by atoms with E-state index in [0.29, 0.717) is 13.0 Å². The summed E-state index contributed by atoms with van der Waals surface area (Å²) in [7, 11) is 0. The van der Waals surface area contributed by atoms with Crippen molar-refractivity contribution in [3.63, 3.8) is 0 Å². The number of aryl methyl sites for hydroxylation is 1. The third kappa shape index (κ3) is 3.31. The number of benzene rings is 2. The van der Waals surface area contributed by atoms with Gasteiger partial charge in [0.25, 0.3) is 0 Å². The zero-order valence-electron chi connectivity index (χ0n) is 15.1. The Kier molecular flexibility index (Phi) is 4.87. The van der Waals surface area contributed by atoms with Crippen molar-refractivity contribution in [2.24, 2.45) is 0 Å². The van der Waals surface area contributed by atoms with Crippen molar-refractivity contribution in [2.75, 3.05) is 11.4 Å². The highest BCUT2D eigenvalue weighted by molar-refractivity contribution is 8.00. The van der Waals surface area contributed by atoms with Crippen LogP contribution in [-0.2, 0) is 17.8 Å². The fourth-order valence-electron chi connectivity index (χ4n) is 3.52. The molecular formula is C21H20N4OS. The average Bonchev–Trinajstić information content (AvgIpc) is 3.27. The molecule has 1 amide bonds. The van der Waals surface area contributed by atoms with Crippen LogP contribution in [0.15, 0.2) is 53.7 Å². The zero-order chi connectivity index (χ0) is 18.8. The van der Waals surface area contributed by atoms with Crippen LogP contribution in [0, 0.1) is 11.3 Å². The number of hydrogen-bond donors (Lipinski definition) is 0. The molecule has 1 aliphatic rings. The van der Waals surface area contributed by atoms with Gasteiger partial charge in [-0.3, -0.25) is 4.79 Å². The molecule has 136 valence electrons. The molecule has 27 heavy (non-hydrogen) atoms. The van der Waals surface area contributed by atoms with Gasteiger partial charge in [-0.2, -0.15) is 5.26 Å². The standard InChI is InChI=1S/C21H20N4OS/c1-15(20(26)24-14-11-16-7-2-4-9-18(16)24)27-21-23-17-8-3-5-10-19(17)25(21)13-6-12-22/h2-5,7-10,15H,6,11,13-14H2,1H3. The molecule has 5 nitrogen and oxygen atoms in total. The average molecular weight is 376 g/mol. The smallest absolute Gasteiger partial charge is 0.240 e. The Hall–Kier alpha value is -2.78. The maximum absolute atomic E-state index is 13.1. The molecule has 4 rings (SSSR count). The summed E-state index contributed by atoms with van der Waals surface area (Å²) >= 11 is 1.47. The Labute approximate surface area is 162 Å². The van der Waals surface area contributed by atoms with Crippen molar-refractivity contribution >= 4 is 34.4 Å². The minimum Gasteiger partial charge on any atom is -0.318 e. The molecule has 0 fully saturated rings. The molecule has 0 radical (unpaired) electrons. The van der Waals surface area contributed by atoms with Gasteiger partial charge in [-0.25, -0.2) is 4.98 Å². The Bertz CT molecular complexity index is 1040. The number of fused-ring (bicyclic) bond motifs is 2. The number of para-hydroxylation sites is 3. The van der Waals surface area contributed by atoms with Gasteiger partial charge in [0.1, 0.15) is 0 Å². The summed E-state index contributed by atoms with van der Waals surface area (Å²) < 4.78 is 2.05. The van der Waals surface area contributed by atoms with E-state index >= 15 is 0 Å². The second-order valence-corrected chi connectivity index (χ2v) is 7.88. The summed E-state index contributed by atoms with van der Waals surface area (Å²) in [5, 5.41) is 9.52. The van der Waals surface area contributed by atoms with Crippen LogP contribution >= 0.6 is 11.8 Å². The molecule has 1 atom stereocenters. The van der Waals surface area contributed by atoms with Crippen LogP contribution in [0.25, 0.3) is 11.0 Å². The number of carbonyl (C=O) groups excluding carboxylic acids is 1. The first-order valence-electron chi connectivity index (χ1n) is 9.07. The molecule has 0 saturated carbocycles. The summed E-state index contributed by atoms with van der Waals surface area (Å²) in [6.07, 6.45) is 1.32. The topological polar surface area (TPSA) is 61.9 Å². The highest BCUT2D eigenvalue weighted by Gasteiger charge is 2.29. The summed E-state index contributed by atoms with van der Waals surface area (Å²) in [6.45, 7) is 3.24. The molecule has 1 unspecified atom stereocenters. The SMILES string of the molecule is CC(Sc1nc2ccccc2n1CCC#N)C(=O)N1CCc2ccccc21. The largest absolute Gasteiger partial charge is 0.318 e. The minimum atomic E-state index is -0.256. The molecule has 6 heteroatoms. The predicted molar refractivity (Wildman–Crippen MR) is 108 cm³/mol. The predicted octanol–water partition coefficient (Wildman–Crippen LogP) is 4.02. The third-order valence-electron chi connectivity index (χ3n) is 4.85. The third-order valence-corrected chi connectivity index (χ3v) is 5.93. The van der Waals surface area contributed by atoms with E-state index < -0.39 is 0 Å². The van der Waals surface area contributed by atoms with Crippen molar-refractivity contribution in [3.05, 3.63) is 54.1 Å². The Morgan fingerprint density at radius 3 is 2.89 bits per heavy atom. The molecule has 0 bridgehead atoms. The number of amides is 1. The number of carbonyl (C=O) groups is 1. The number of rotatable bonds is 5. The highest BCUT2D eigenvalue weighted by atomic mass is 32.2. The lowest BCUT2D eigenvalue weighted by Gasteiger charge is -2.21. The summed E-state index contributed by atoms with van der Waals surface area (Å²) in [5.74, 6) is 0.101. The summed E-state index contributed by atoms with van der Waals surface area (Å²) in [5.41, 5.74) is 4.14. The summed E-state index contributed by atoms with van der Waals surface area (Å²) in [6, 6.07) is 18.2. The van der Waals surface area contributed by atoms with Crippen molar-refractivity contribution in [2.45, 2.75) is 36.7 Å². The van der Waals surface area contributed by atoms with Gasteiger partial charge in [0.15, 0.2) is 5.16 Å². The summed E-state index contributed by atoms with van der Waals surface area (Å²) in [4.78, 5) is 19.7. The van der Waals surface area contributed by atoms with Crippen LogP contribution in [-0.4, -0.2) is 27.3 Å². The van der Waals surface area contributed by atoms with Crippen LogP contribution in [0.1, 0.15) is 18.9 Å². The fraction of sp³-hybridized carbons (Fsp3) is 0.286. The molecule has 0 aliphatic carbocycles. The van der Waals surface area contributed by atoms with E-state index in [1.54, 1.807) is 0 Å². The van der Waals surface area contributed by atoms with E-state index in [9.17, 15) is 4.79 Å². The first kappa shape index (κ1) is 17.6.